The molecule has 1 N–H and O–H groups in total. The summed E-state index contributed by atoms with van der Waals surface area (Å²) in [7, 11) is 4.36. The number of rotatable bonds is 3. The summed E-state index contributed by atoms with van der Waals surface area (Å²) in [5.74, 6) is 2.34. The van der Waals surface area contributed by atoms with Crippen molar-refractivity contribution in [1.82, 2.24) is 25.3 Å². The van der Waals surface area contributed by atoms with Crippen LogP contribution in [0.3, 0.4) is 0 Å². The summed E-state index contributed by atoms with van der Waals surface area (Å²) in [6, 6.07) is 0.717. The summed E-state index contributed by atoms with van der Waals surface area (Å²) in [5, 5.41) is 7.68. The Morgan fingerprint density at radius 1 is 1.33 bits per heavy atom. The van der Waals surface area contributed by atoms with Crippen LogP contribution in [-0.2, 0) is 6.42 Å². The van der Waals surface area contributed by atoms with Gasteiger partial charge in [0.25, 0.3) is 0 Å². The summed E-state index contributed by atoms with van der Waals surface area (Å²) in [4.78, 5) is 9.41. The zero-order valence-electron chi connectivity index (χ0n) is 13.4. The molecule has 118 valence electrons. The molecular weight excluding hydrogens is 266 g/mol. The molecule has 0 aromatic carbocycles. The molecule has 2 aliphatic rings. The highest BCUT2D eigenvalue weighted by molar-refractivity contribution is 4.98. The number of likely N-dealkylation sites (N-methyl/N-ethyl adjacent to an activating group) is 2. The normalized spacial score (nSPS) is 32.4. The maximum Gasteiger partial charge on any atom is 0.243 e. The number of nitrogens with one attached hydrogen (secondary N) is 1. The van der Waals surface area contributed by atoms with Crippen molar-refractivity contribution in [3.05, 3.63) is 11.7 Å². The van der Waals surface area contributed by atoms with Gasteiger partial charge >= 0.3 is 0 Å². The van der Waals surface area contributed by atoms with Crippen molar-refractivity contribution in [2.75, 3.05) is 40.3 Å². The molecule has 1 aromatic heterocycles. The van der Waals surface area contributed by atoms with Crippen molar-refractivity contribution >= 4 is 0 Å². The Morgan fingerprint density at radius 2 is 2.19 bits per heavy atom. The smallest absolute Gasteiger partial charge is 0.243 e. The Kier molecular flexibility index (Phi) is 4.57. The van der Waals surface area contributed by atoms with Crippen molar-refractivity contribution in [1.29, 1.82) is 0 Å². The minimum Gasteiger partial charge on any atom is -0.338 e. The van der Waals surface area contributed by atoms with E-state index in [4.69, 9.17) is 4.52 Å². The Bertz CT molecular complexity index is 463. The summed E-state index contributed by atoms with van der Waals surface area (Å²) in [5.41, 5.74) is 0. The Hall–Kier alpha value is -0.980. The molecule has 2 fully saturated rings. The second-order valence-corrected chi connectivity index (χ2v) is 6.79. The number of piperidine rings is 1. The van der Waals surface area contributed by atoms with Crippen LogP contribution in [-0.4, -0.2) is 66.3 Å². The summed E-state index contributed by atoms with van der Waals surface area (Å²) < 4.78 is 5.50. The molecule has 0 amide bonds. The average molecular weight is 293 g/mol. The van der Waals surface area contributed by atoms with E-state index in [-0.39, 0.29) is 6.04 Å². The van der Waals surface area contributed by atoms with Gasteiger partial charge in [0.15, 0.2) is 5.82 Å². The van der Waals surface area contributed by atoms with Crippen LogP contribution in [0.25, 0.3) is 0 Å². The molecule has 2 saturated heterocycles. The van der Waals surface area contributed by atoms with E-state index >= 15 is 0 Å². The zero-order valence-corrected chi connectivity index (χ0v) is 13.4. The minimum absolute atomic E-state index is 0.238. The van der Waals surface area contributed by atoms with Crippen LogP contribution in [0.4, 0.5) is 0 Å². The maximum atomic E-state index is 5.50. The molecule has 2 aliphatic heterocycles. The quantitative estimate of drug-likeness (QED) is 0.894. The third-order valence-electron chi connectivity index (χ3n) is 4.85. The van der Waals surface area contributed by atoms with Gasteiger partial charge in [0.1, 0.15) is 0 Å². The molecule has 3 heterocycles. The topological polar surface area (TPSA) is 57.4 Å². The molecule has 0 spiro atoms. The average Bonchev–Trinajstić information content (AvgIpc) is 2.91. The lowest BCUT2D eigenvalue weighted by Gasteiger charge is -2.37. The van der Waals surface area contributed by atoms with Gasteiger partial charge in [0.05, 0.1) is 6.04 Å². The highest BCUT2D eigenvalue weighted by atomic mass is 16.5. The van der Waals surface area contributed by atoms with Crippen LogP contribution in [0, 0.1) is 5.92 Å². The zero-order chi connectivity index (χ0) is 14.8. The Balaban J connectivity index is 1.62. The summed E-state index contributed by atoms with van der Waals surface area (Å²) in [6.07, 6.45) is 3.19. The van der Waals surface area contributed by atoms with Crippen molar-refractivity contribution in [2.45, 2.75) is 38.3 Å². The van der Waals surface area contributed by atoms with E-state index in [0.29, 0.717) is 6.04 Å². The van der Waals surface area contributed by atoms with E-state index in [1.807, 2.05) is 0 Å². The summed E-state index contributed by atoms with van der Waals surface area (Å²) >= 11 is 0. The first-order chi connectivity index (χ1) is 10.1. The van der Waals surface area contributed by atoms with Crippen molar-refractivity contribution in [3.8, 4) is 0 Å². The van der Waals surface area contributed by atoms with Crippen LogP contribution in [0.15, 0.2) is 4.52 Å². The van der Waals surface area contributed by atoms with Crippen LogP contribution in [0.1, 0.15) is 37.5 Å². The lowest BCUT2D eigenvalue weighted by atomic mass is 9.94. The standard InChI is InChI=1S/C15H27N5O/c1-11-4-5-16-13(8-11)15-17-14(18-21-15)9-12-10-19(2)6-7-20(12)3/h11-13,16H,4-10H2,1-3H3. The Morgan fingerprint density at radius 3 is 3.00 bits per heavy atom. The lowest BCUT2D eigenvalue weighted by molar-refractivity contribution is 0.113. The van der Waals surface area contributed by atoms with Gasteiger partial charge in [-0.05, 0) is 39.4 Å². The molecule has 0 aliphatic carbocycles. The molecule has 21 heavy (non-hydrogen) atoms. The third kappa shape index (κ3) is 3.62. The molecular formula is C15H27N5O. The number of piperazine rings is 1. The van der Waals surface area contributed by atoms with E-state index in [9.17, 15) is 0 Å². The van der Waals surface area contributed by atoms with E-state index in [0.717, 1.165) is 56.7 Å². The summed E-state index contributed by atoms with van der Waals surface area (Å²) in [6.45, 7) is 6.64. The van der Waals surface area contributed by atoms with E-state index < -0.39 is 0 Å². The van der Waals surface area contributed by atoms with Gasteiger partial charge in [-0.25, -0.2) is 0 Å². The Labute approximate surface area is 126 Å². The van der Waals surface area contributed by atoms with Gasteiger partial charge in [0.2, 0.25) is 5.89 Å². The number of hydrogen-bond acceptors (Lipinski definition) is 6. The van der Waals surface area contributed by atoms with Gasteiger partial charge in [-0.1, -0.05) is 12.1 Å². The third-order valence-corrected chi connectivity index (χ3v) is 4.85. The van der Waals surface area contributed by atoms with Crippen LogP contribution < -0.4 is 5.32 Å². The number of hydrogen-bond donors (Lipinski definition) is 1. The second kappa shape index (κ2) is 6.42. The van der Waals surface area contributed by atoms with Gasteiger partial charge in [-0.15, -0.1) is 0 Å². The highest BCUT2D eigenvalue weighted by Crippen LogP contribution is 2.26. The molecule has 0 saturated carbocycles. The molecule has 3 atom stereocenters. The molecule has 3 unspecified atom stereocenters. The van der Waals surface area contributed by atoms with Crippen LogP contribution in [0.5, 0.6) is 0 Å². The maximum absolute atomic E-state index is 5.50. The number of nitrogens with zero attached hydrogens (tertiary/aromatic N) is 4. The van der Waals surface area contributed by atoms with E-state index in [1.165, 1.54) is 6.42 Å². The van der Waals surface area contributed by atoms with Crippen molar-refractivity contribution in [2.24, 2.45) is 5.92 Å². The van der Waals surface area contributed by atoms with E-state index in [2.05, 4.69) is 46.3 Å². The fraction of sp³-hybridized carbons (Fsp3) is 0.867. The van der Waals surface area contributed by atoms with Gasteiger partial charge in [-0.2, -0.15) is 4.98 Å². The molecule has 6 nitrogen and oxygen atoms in total. The first-order valence-corrected chi connectivity index (χ1v) is 8.06. The second-order valence-electron chi connectivity index (χ2n) is 6.79. The molecule has 0 bridgehead atoms. The van der Waals surface area contributed by atoms with Crippen molar-refractivity contribution < 1.29 is 4.52 Å². The first kappa shape index (κ1) is 14.9. The minimum atomic E-state index is 0.238. The van der Waals surface area contributed by atoms with Gasteiger partial charge < -0.3 is 19.6 Å². The predicted octanol–water partition coefficient (Wildman–Crippen LogP) is 0.919. The monoisotopic (exact) mass is 293 g/mol. The largest absolute Gasteiger partial charge is 0.338 e. The highest BCUT2D eigenvalue weighted by Gasteiger charge is 2.27. The molecule has 0 radical (unpaired) electrons. The lowest BCUT2D eigenvalue weighted by Crippen LogP contribution is -2.50. The molecule has 3 rings (SSSR count). The van der Waals surface area contributed by atoms with Crippen LogP contribution >= 0.6 is 0 Å². The van der Waals surface area contributed by atoms with E-state index in [1.54, 1.807) is 0 Å². The SMILES string of the molecule is CC1CCNC(c2nc(CC3CN(C)CCN3C)no2)C1. The molecule has 6 heteroatoms. The van der Waals surface area contributed by atoms with Crippen LogP contribution in [0.2, 0.25) is 0 Å². The fourth-order valence-corrected chi connectivity index (χ4v) is 3.32. The van der Waals surface area contributed by atoms with Gasteiger partial charge in [-0.3, -0.25) is 0 Å². The molecule has 1 aromatic rings. The van der Waals surface area contributed by atoms with Gasteiger partial charge in [0, 0.05) is 32.1 Å². The van der Waals surface area contributed by atoms with Crippen molar-refractivity contribution in [3.63, 3.8) is 0 Å². The first-order valence-electron chi connectivity index (χ1n) is 8.06. The fourth-order valence-electron chi connectivity index (χ4n) is 3.32. The predicted molar refractivity (Wildman–Crippen MR) is 81.1 cm³/mol. The number of aromatic nitrogens is 2.